The van der Waals surface area contributed by atoms with E-state index in [-0.39, 0.29) is 6.03 Å². The molecule has 0 aliphatic carbocycles. The molecule has 0 atom stereocenters. The summed E-state index contributed by atoms with van der Waals surface area (Å²) in [7, 11) is 1.29. The van der Waals surface area contributed by atoms with Crippen LogP contribution in [0.5, 0.6) is 0 Å². The lowest BCUT2D eigenvalue weighted by atomic mass is 10.2. The number of ether oxygens (including phenoxy) is 1. The highest BCUT2D eigenvalue weighted by molar-refractivity contribution is 6.33. The van der Waals surface area contributed by atoms with Crippen molar-refractivity contribution in [2.45, 2.75) is 13.8 Å². The van der Waals surface area contributed by atoms with Crippen LogP contribution in [-0.2, 0) is 4.74 Å². The molecule has 0 heterocycles. The molecule has 2 amide bonds. The molecule has 0 aliphatic heterocycles. The molecule has 5 nitrogen and oxygen atoms in total. The number of urea groups is 1. The number of hydrogen-bond acceptors (Lipinski definition) is 3. The Bertz CT molecular complexity index is 475. The second-order valence-electron chi connectivity index (χ2n) is 4.42. The molecule has 0 spiro atoms. The third kappa shape index (κ3) is 4.79. The van der Waals surface area contributed by atoms with Gasteiger partial charge in [-0.3, -0.25) is 0 Å². The van der Waals surface area contributed by atoms with Crippen LogP contribution in [0.2, 0.25) is 5.02 Å². The van der Waals surface area contributed by atoms with Crippen LogP contribution in [0.15, 0.2) is 18.2 Å². The number of benzene rings is 1. The Balaban J connectivity index is 2.77. The summed E-state index contributed by atoms with van der Waals surface area (Å²) in [6.45, 7) is 4.54. The molecular weight excluding hydrogens is 268 g/mol. The zero-order chi connectivity index (χ0) is 14.4. The molecule has 19 heavy (non-hydrogen) atoms. The Kier molecular flexibility index (Phi) is 5.63. The molecule has 0 saturated heterocycles. The lowest BCUT2D eigenvalue weighted by molar-refractivity contribution is 0.0600. The predicted molar refractivity (Wildman–Crippen MR) is 74.7 cm³/mol. The van der Waals surface area contributed by atoms with E-state index in [9.17, 15) is 9.59 Å². The van der Waals surface area contributed by atoms with Crippen LogP contribution in [0.1, 0.15) is 24.2 Å². The van der Waals surface area contributed by atoms with Crippen LogP contribution in [0.4, 0.5) is 10.5 Å². The monoisotopic (exact) mass is 284 g/mol. The summed E-state index contributed by atoms with van der Waals surface area (Å²) in [5.41, 5.74) is 0.692. The minimum absolute atomic E-state index is 0.325. The summed E-state index contributed by atoms with van der Waals surface area (Å²) < 4.78 is 4.60. The van der Waals surface area contributed by atoms with E-state index in [1.807, 2.05) is 13.8 Å². The van der Waals surface area contributed by atoms with Crippen molar-refractivity contribution in [3.63, 3.8) is 0 Å². The molecule has 1 rings (SSSR count). The van der Waals surface area contributed by atoms with Crippen LogP contribution in [0.25, 0.3) is 0 Å². The van der Waals surface area contributed by atoms with E-state index in [0.717, 1.165) is 0 Å². The van der Waals surface area contributed by atoms with Gasteiger partial charge in [-0.2, -0.15) is 0 Å². The van der Waals surface area contributed by atoms with Crippen LogP contribution in [0, 0.1) is 5.92 Å². The van der Waals surface area contributed by atoms with Gasteiger partial charge in [-0.25, -0.2) is 9.59 Å². The third-order valence-corrected chi connectivity index (χ3v) is 2.64. The molecule has 0 saturated carbocycles. The summed E-state index contributed by atoms with van der Waals surface area (Å²) in [6.07, 6.45) is 0. The van der Waals surface area contributed by atoms with Gasteiger partial charge in [0.15, 0.2) is 0 Å². The lowest BCUT2D eigenvalue weighted by Gasteiger charge is -2.11. The smallest absolute Gasteiger partial charge is 0.337 e. The number of carbonyl (C=O) groups is 2. The standard InChI is InChI=1S/C13H17ClN2O3/c1-8(2)7-15-13(18)16-11-6-9(12(17)19-3)4-5-10(11)14/h4-6,8H,7H2,1-3H3,(H2,15,16,18). The molecule has 1 aromatic rings. The molecule has 0 unspecified atom stereocenters. The molecule has 0 fully saturated rings. The van der Waals surface area contributed by atoms with Crippen LogP contribution >= 0.6 is 11.6 Å². The van der Waals surface area contributed by atoms with Gasteiger partial charge in [0.1, 0.15) is 0 Å². The van der Waals surface area contributed by atoms with Crippen LogP contribution < -0.4 is 10.6 Å². The molecule has 2 N–H and O–H groups in total. The zero-order valence-electron chi connectivity index (χ0n) is 11.1. The number of hydrogen-bond donors (Lipinski definition) is 2. The maximum Gasteiger partial charge on any atom is 0.337 e. The largest absolute Gasteiger partial charge is 0.465 e. The molecule has 1 aromatic carbocycles. The van der Waals surface area contributed by atoms with Gasteiger partial charge >= 0.3 is 12.0 Å². The Labute approximate surface area is 117 Å². The van der Waals surface area contributed by atoms with E-state index in [4.69, 9.17) is 11.6 Å². The Hall–Kier alpha value is -1.75. The number of rotatable bonds is 4. The lowest BCUT2D eigenvalue weighted by Crippen LogP contribution is -2.31. The molecule has 0 radical (unpaired) electrons. The number of nitrogens with one attached hydrogen (secondary N) is 2. The minimum Gasteiger partial charge on any atom is -0.465 e. The fraction of sp³-hybridized carbons (Fsp3) is 0.385. The summed E-state index contributed by atoms with van der Waals surface area (Å²) in [5, 5.41) is 5.64. The van der Waals surface area contributed by atoms with E-state index in [1.54, 1.807) is 0 Å². The van der Waals surface area contributed by atoms with Crippen molar-refractivity contribution < 1.29 is 14.3 Å². The van der Waals surface area contributed by atoms with Gasteiger partial charge in [-0.1, -0.05) is 25.4 Å². The van der Waals surface area contributed by atoms with Gasteiger partial charge < -0.3 is 15.4 Å². The Morgan fingerprint density at radius 2 is 2.05 bits per heavy atom. The third-order valence-electron chi connectivity index (χ3n) is 2.31. The highest BCUT2D eigenvalue weighted by Crippen LogP contribution is 2.23. The van der Waals surface area contributed by atoms with Crippen molar-refractivity contribution >= 4 is 29.3 Å². The predicted octanol–water partition coefficient (Wildman–Crippen LogP) is 2.90. The molecule has 0 aliphatic rings. The molecule has 0 bridgehead atoms. The number of esters is 1. The Morgan fingerprint density at radius 1 is 1.37 bits per heavy atom. The summed E-state index contributed by atoms with van der Waals surface area (Å²) >= 11 is 5.96. The van der Waals surface area contributed by atoms with Crippen molar-refractivity contribution in [1.29, 1.82) is 0 Å². The molecule has 104 valence electrons. The number of carbonyl (C=O) groups excluding carboxylic acids is 2. The van der Waals surface area contributed by atoms with Gasteiger partial charge in [0.05, 0.1) is 23.4 Å². The van der Waals surface area contributed by atoms with Crippen molar-refractivity contribution in [2.75, 3.05) is 19.0 Å². The first-order valence-corrected chi connectivity index (χ1v) is 6.24. The van der Waals surface area contributed by atoms with Gasteiger partial charge in [0.25, 0.3) is 0 Å². The number of methoxy groups -OCH3 is 1. The van der Waals surface area contributed by atoms with E-state index < -0.39 is 5.97 Å². The van der Waals surface area contributed by atoms with Crippen molar-refractivity contribution in [2.24, 2.45) is 5.92 Å². The Morgan fingerprint density at radius 3 is 2.63 bits per heavy atom. The van der Waals surface area contributed by atoms with Crippen LogP contribution in [0.3, 0.4) is 0 Å². The van der Waals surface area contributed by atoms with Gasteiger partial charge in [-0.05, 0) is 24.1 Å². The van der Waals surface area contributed by atoms with Gasteiger partial charge in [-0.15, -0.1) is 0 Å². The maximum absolute atomic E-state index is 11.6. The number of halogens is 1. The highest BCUT2D eigenvalue weighted by Gasteiger charge is 2.11. The number of amides is 2. The average Bonchev–Trinajstić information content (AvgIpc) is 2.38. The van der Waals surface area contributed by atoms with Gasteiger partial charge in [0.2, 0.25) is 0 Å². The van der Waals surface area contributed by atoms with Crippen LogP contribution in [-0.4, -0.2) is 25.7 Å². The fourth-order valence-corrected chi connectivity index (χ4v) is 1.49. The quantitative estimate of drug-likeness (QED) is 0.836. The first-order chi connectivity index (χ1) is 8.93. The minimum atomic E-state index is -0.484. The van der Waals surface area contributed by atoms with E-state index in [0.29, 0.717) is 28.7 Å². The van der Waals surface area contributed by atoms with E-state index in [1.165, 1.54) is 25.3 Å². The highest BCUT2D eigenvalue weighted by atomic mass is 35.5. The van der Waals surface area contributed by atoms with Crippen molar-refractivity contribution in [3.05, 3.63) is 28.8 Å². The normalized spacial score (nSPS) is 10.2. The summed E-state index contributed by atoms with van der Waals surface area (Å²) in [6, 6.07) is 4.18. The maximum atomic E-state index is 11.6. The molecule has 6 heteroatoms. The first-order valence-electron chi connectivity index (χ1n) is 5.86. The summed E-state index contributed by atoms with van der Waals surface area (Å²) in [4.78, 5) is 23.0. The first kappa shape index (κ1) is 15.3. The summed E-state index contributed by atoms with van der Waals surface area (Å²) in [5.74, 6) is -0.134. The SMILES string of the molecule is COC(=O)c1ccc(Cl)c(NC(=O)NCC(C)C)c1. The van der Waals surface area contributed by atoms with Crippen molar-refractivity contribution in [3.8, 4) is 0 Å². The second-order valence-corrected chi connectivity index (χ2v) is 4.82. The average molecular weight is 285 g/mol. The topological polar surface area (TPSA) is 67.4 Å². The molecule has 0 aromatic heterocycles. The van der Waals surface area contributed by atoms with Gasteiger partial charge in [0, 0.05) is 6.54 Å². The fourth-order valence-electron chi connectivity index (χ4n) is 1.33. The van der Waals surface area contributed by atoms with E-state index in [2.05, 4.69) is 15.4 Å². The van der Waals surface area contributed by atoms with Crippen molar-refractivity contribution in [1.82, 2.24) is 5.32 Å². The second kappa shape index (κ2) is 6.99. The zero-order valence-corrected chi connectivity index (χ0v) is 11.9. The number of anilines is 1. The van der Waals surface area contributed by atoms with E-state index >= 15 is 0 Å². The molecular formula is C13H17ClN2O3.